The van der Waals surface area contributed by atoms with E-state index in [-0.39, 0.29) is 18.1 Å². The Balaban J connectivity index is 2.26. The highest BCUT2D eigenvalue weighted by atomic mass is 32.1. The fourth-order valence-electron chi connectivity index (χ4n) is 3.32. The zero-order valence-electron chi connectivity index (χ0n) is 16.8. The van der Waals surface area contributed by atoms with Gasteiger partial charge in [-0.1, -0.05) is 18.2 Å². The molecule has 0 saturated carbocycles. The number of para-hydroxylation sites is 1. The lowest BCUT2D eigenvalue weighted by atomic mass is 10.1. The molecular weight excluding hydrogens is 376 g/mol. The number of amides is 1. The summed E-state index contributed by atoms with van der Waals surface area (Å²) in [5.74, 6) is 0.270. The van der Waals surface area contributed by atoms with Gasteiger partial charge < -0.3 is 18.9 Å². The van der Waals surface area contributed by atoms with E-state index in [4.69, 9.17) is 9.47 Å². The van der Waals surface area contributed by atoms with Crippen molar-refractivity contribution in [2.45, 2.75) is 20.8 Å². The highest BCUT2D eigenvalue weighted by Gasteiger charge is 2.26. The summed E-state index contributed by atoms with van der Waals surface area (Å²) in [5.41, 5.74) is 0.680. The van der Waals surface area contributed by atoms with Gasteiger partial charge in [0, 0.05) is 32.1 Å². The molecule has 0 atom stereocenters. The normalized spacial score (nSPS) is 11.3. The summed E-state index contributed by atoms with van der Waals surface area (Å²) in [5, 5.41) is 1.41. The summed E-state index contributed by atoms with van der Waals surface area (Å²) in [6, 6.07) is 7.73. The van der Waals surface area contributed by atoms with Crippen molar-refractivity contribution >= 4 is 38.2 Å². The summed E-state index contributed by atoms with van der Waals surface area (Å²) in [7, 11) is 1.75. The first-order valence-corrected chi connectivity index (χ1v) is 10.4. The van der Waals surface area contributed by atoms with E-state index in [1.165, 1.54) is 11.3 Å². The van der Waals surface area contributed by atoms with E-state index in [0.29, 0.717) is 42.3 Å². The molecule has 0 radical (unpaired) electrons. The Bertz CT molecular complexity index is 1050. The Morgan fingerprint density at radius 1 is 1.14 bits per heavy atom. The standard InChI is InChI=1S/C21H26N2O4S/c1-5-23(6-2)21(25)19-17(27-13-12-26-7-3)16-18(28-19)14-10-8-9-11-15(14)22(4)20(16)24/h8-11H,5-7,12-13H2,1-4H3. The zero-order valence-corrected chi connectivity index (χ0v) is 17.6. The third-order valence-electron chi connectivity index (χ3n) is 4.82. The van der Waals surface area contributed by atoms with Crippen molar-refractivity contribution in [3.63, 3.8) is 0 Å². The molecule has 150 valence electrons. The van der Waals surface area contributed by atoms with Crippen molar-refractivity contribution in [3.05, 3.63) is 39.5 Å². The number of carbonyl (C=O) groups excluding carboxylic acids is 1. The monoisotopic (exact) mass is 402 g/mol. The van der Waals surface area contributed by atoms with Crippen LogP contribution in [-0.4, -0.2) is 48.3 Å². The first-order valence-electron chi connectivity index (χ1n) is 9.59. The Morgan fingerprint density at radius 2 is 1.86 bits per heavy atom. The van der Waals surface area contributed by atoms with Gasteiger partial charge in [0.15, 0.2) is 5.75 Å². The van der Waals surface area contributed by atoms with Gasteiger partial charge in [0.05, 0.1) is 16.8 Å². The maximum Gasteiger partial charge on any atom is 0.267 e. The zero-order chi connectivity index (χ0) is 20.3. The van der Waals surface area contributed by atoms with E-state index >= 15 is 0 Å². The number of benzene rings is 1. The highest BCUT2D eigenvalue weighted by Crippen LogP contribution is 2.40. The molecule has 0 aliphatic carbocycles. The molecule has 1 amide bonds. The molecule has 0 spiro atoms. The van der Waals surface area contributed by atoms with E-state index in [0.717, 1.165) is 15.6 Å². The molecule has 1 aromatic carbocycles. The molecule has 7 heteroatoms. The van der Waals surface area contributed by atoms with Crippen LogP contribution in [0.3, 0.4) is 0 Å². The second-order valence-electron chi connectivity index (χ2n) is 6.37. The number of ether oxygens (including phenoxy) is 2. The minimum Gasteiger partial charge on any atom is -0.489 e. The van der Waals surface area contributed by atoms with Crippen LogP contribution in [0.4, 0.5) is 0 Å². The summed E-state index contributed by atoms with van der Waals surface area (Å²) in [6.45, 7) is 8.27. The van der Waals surface area contributed by atoms with Gasteiger partial charge in [0.2, 0.25) is 0 Å². The van der Waals surface area contributed by atoms with Crippen LogP contribution in [-0.2, 0) is 11.8 Å². The van der Waals surface area contributed by atoms with Crippen molar-refractivity contribution in [3.8, 4) is 5.75 Å². The van der Waals surface area contributed by atoms with Crippen LogP contribution in [0.2, 0.25) is 0 Å². The minimum atomic E-state index is -0.157. The van der Waals surface area contributed by atoms with Gasteiger partial charge in [-0.15, -0.1) is 11.3 Å². The number of rotatable bonds is 8. The molecule has 6 nitrogen and oxygen atoms in total. The minimum absolute atomic E-state index is 0.108. The highest BCUT2D eigenvalue weighted by molar-refractivity contribution is 7.22. The molecule has 0 unspecified atom stereocenters. The van der Waals surface area contributed by atoms with Crippen molar-refractivity contribution in [2.75, 3.05) is 32.9 Å². The molecule has 0 saturated heterocycles. The summed E-state index contributed by atoms with van der Waals surface area (Å²) < 4.78 is 13.7. The lowest BCUT2D eigenvalue weighted by molar-refractivity contribution is 0.0768. The van der Waals surface area contributed by atoms with Gasteiger partial charge in [0.1, 0.15) is 16.9 Å². The Morgan fingerprint density at radius 3 is 2.54 bits per heavy atom. The van der Waals surface area contributed by atoms with Crippen molar-refractivity contribution in [1.29, 1.82) is 0 Å². The lowest BCUT2D eigenvalue weighted by Gasteiger charge is -2.18. The van der Waals surface area contributed by atoms with E-state index < -0.39 is 0 Å². The van der Waals surface area contributed by atoms with Crippen molar-refractivity contribution in [1.82, 2.24) is 9.47 Å². The Kier molecular flexibility index (Phi) is 6.36. The molecule has 3 rings (SSSR count). The maximum absolute atomic E-state index is 13.1. The van der Waals surface area contributed by atoms with Crippen molar-refractivity contribution in [2.24, 2.45) is 7.05 Å². The van der Waals surface area contributed by atoms with Gasteiger partial charge in [0.25, 0.3) is 11.5 Å². The van der Waals surface area contributed by atoms with Crippen LogP contribution in [0, 0.1) is 0 Å². The molecule has 28 heavy (non-hydrogen) atoms. The molecule has 0 fully saturated rings. The maximum atomic E-state index is 13.1. The average Bonchev–Trinajstić information content (AvgIpc) is 3.10. The smallest absolute Gasteiger partial charge is 0.267 e. The number of thiophene rings is 1. The number of nitrogens with zero attached hydrogens (tertiary/aromatic N) is 2. The largest absolute Gasteiger partial charge is 0.489 e. The third kappa shape index (κ3) is 3.52. The molecule has 0 N–H and O–H groups in total. The van der Waals surface area contributed by atoms with Crippen molar-refractivity contribution < 1.29 is 14.3 Å². The predicted octanol–water partition coefficient (Wildman–Crippen LogP) is 3.65. The van der Waals surface area contributed by atoms with Gasteiger partial charge in [-0.25, -0.2) is 0 Å². The fourth-order valence-corrected chi connectivity index (χ4v) is 4.55. The van der Waals surface area contributed by atoms with Crippen LogP contribution >= 0.6 is 11.3 Å². The van der Waals surface area contributed by atoms with E-state index in [9.17, 15) is 9.59 Å². The van der Waals surface area contributed by atoms with Gasteiger partial charge in [-0.3, -0.25) is 9.59 Å². The third-order valence-corrected chi connectivity index (χ3v) is 6.01. The van der Waals surface area contributed by atoms with Gasteiger partial charge in [-0.05, 0) is 26.8 Å². The number of fused-ring (bicyclic) bond motifs is 3. The molecule has 0 aliphatic rings. The summed E-state index contributed by atoms with van der Waals surface area (Å²) >= 11 is 1.34. The number of hydrogen-bond donors (Lipinski definition) is 0. The van der Waals surface area contributed by atoms with Crippen LogP contribution in [0.15, 0.2) is 29.1 Å². The number of aryl methyl sites for hydroxylation is 1. The van der Waals surface area contributed by atoms with Crippen LogP contribution in [0.25, 0.3) is 21.0 Å². The molecule has 3 aromatic rings. The SMILES string of the molecule is CCOCCOc1c(C(=O)N(CC)CC)sc2c1c(=O)n(C)c1ccccc21. The Hall–Kier alpha value is -2.38. The number of pyridine rings is 1. The first kappa shape index (κ1) is 20.4. The topological polar surface area (TPSA) is 60.8 Å². The molecular formula is C21H26N2O4S. The molecule has 0 aliphatic heterocycles. The van der Waals surface area contributed by atoms with Crippen LogP contribution in [0.1, 0.15) is 30.4 Å². The first-order chi connectivity index (χ1) is 13.5. The van der Waals surface area contributed by atoms with E-state index in [1.807, 2.05) is 45.0 Å². The van der Waals surface area contributed by atoms with Gasteiger partial charge in [-0.2, -0.15) is 0 Å². The predicted molar refractivity (Wildman–Crippen MR) is 114 cm³/mol. The quantitative estimate of drug-likeness (QED) is 0.540. The number of aromatic nitrogens is 1. The number of hydrogen-bond acceptors (Lipinski definition) is 5. The van der Waals surface area contributed by atoms with Gasteiger partial charge >= 0.3 is 0 Å². The summed E-state index contributed by atoms with van der Waals surface area (Å²) in [4.78, 5) is 28.5. The summed E-state index contributed by atoms with van der Waals surface area (Å²) in [6.07, 6.45) is 0. The average molecular weight is 403 g/mol. The van der Waals surface area contributed by atoms with E-state index in [1.54, 1.807) is 16.5 Å². The number of carbonyl (C=O) groups is 1. The molecule has 0 bridgehead atoms. The van der Waals surface area contributed by atoms with Crippen LogP contribution in [0.5, 0.6) is 5.75 Å². The second-order valence-corrected chi connectivity index (χ2v) is 7.39. The molecule has 2 heterocycles. The molecule has 2 aromatic heterocycles. The lowest BCUT2D eigenvalue weighted by Crippen LogP contribution is -2.30. The fraction of sp³-hybridized carbons (Fsp3) is 0.429. The Labute approximate surface area is 168 Å². The second kappa shape index (κ2) is 8.75. The van der Waals surface area contributed by atoms with E-state index in [2.05, 4.69) is 0 Å². The van der Waals surface area contributed by atoms with Crippen LogP contribution < -0.4 is 10.3 Å².